The van der Waals surface area contributed by atoms with E-state index in [-0.39, 0.29) is 23.9 Å². The highest BCUT2D eigenvalue weighted by atomic mass is 16.6. The summed E-state index contributed by atoms with van der Waals surface area (Å²) in [5, 5.41) is 5.87. The average molecular weight is 458 g/mol. The molecule has 3 rings (SSSR count). The fourth-order valence-corrected chi connectivity index (χ4v) is 4.45. The normalized spacial score (nSPS) is 18.7. The molecule has 0 heterocycles. The minimum atomic E-state index is -0.810. The SMILES string of the molecule is Cc1cccc(C(C(=O)NC2CCCCC2)N(C(=O)C(C)NC(=O)OC(C)(C)C)C2CC2)c1. The van der Waals surface area contributed by atoms with E-state index >= 15 is 0 Å². The van der Waals surface area contributed by atoms with Gasteiger partial charge in [-0.05, 0) is 65.9 Å². The van der Waals surface area contributed by atoms with Crippen LogP contribution in [0.15, 0.2) is 24.3 Å². The molecule has 0 bridgehead atoms. The highest BCUT2D eigenvalue weighted by Crippen LogP contribution is 2.36. The van der Waals surface area contributed by atoms with Gasteiger partial charge in [-0.15, -0.1) is 0 Å². The van der Waals surface area contributed by atoms with Gasteiger partial charge in [0.15, 0.2) is 0 Å². The van der Waals surface area contributed by atoms with Gasteiger partial charge in [-0.1, -0.05) is 49.1 Å². The maximum absolute atomic E-state index is 13.6. The summed E-state index contributed by atoms with van der Waals surface area (Å²) >= 11 is 0. The fourth-order valence-electron chi connectivity index (χ4n) is 4.45. The van der Waals surface area contributed by atoms with Crippen LogP contribution >= 0.6 is 0 Å². The topological polar surface area (TPSA) is 87.7 Å². The van der Waals surface area contributed by atoms with Crippen LogP contribution in [0.5, 0.6) is 0 Å². The Labute approximate surface area is 197 Å². The first-order valence-electron chi connectivity index (χ1n) is 12.2. The summed E-state index contributed by atoms with van der Waals surface area (Å²) in [7, 11) is 0. The number of carbonyl (C=O) groups is 3. The second-order valence-corrected chi connectivity index (χ2v) is 10.5. The van der Waals surface area contributed by atoms with Gasteiger partial charge in [-0.2, -0.15) is 0 Å². The molecule has 0 aliphatic heterocycles. The van der Waals surface area contributed by atoms with Crippen LogP contribution in [0, 0.1) is 6.92 Å². The van der Waals surface area contributed by atoms with E-state index in [2.05, 4.69) is 10.6 Å². The van der Waals surface area contributed by atoms with E-state index in [4.69, 9.17) is 4.74 Å². The van der Waals surface area contributed by atoms with E-state index in [0.29, 0.717) is 0 Å². The van der Waals surface area contributed by atoms with Gasteiger partial charge >= 0.3 is 6.09 Å². The molecule has 2 fully saturated rings. The number of amides is 3. The Morgan fingerprint density at radius 2 is 1.73 bits per heavy atom. The molecule has 0 spiro atoms. The zero-order valence-corrected chi connectivity index (χ0v) is 20.6. The number of hydrogen-bond donors (Lipinski definition) is 2. The molecule has 2 unspecified atom stereocenters. The van der Waals surface area contributed by atoms with Crippen molar-refractivity contribution in [3.63, 3.8) is 0 Å². The predicted molar refractivity (Wildman–Crippen MR) is 128 cm³/mol. The van der Waals surface area contributed by atoms with Crippen molar-refractivity contribution < 1.29 is 19.1 Å². The molecule has 1 aromatic rings. The standard InChI is InChI=1S/C26H39N3O4/c1-17-10-9-11-19(16-17)22(23(30)28-20-12-7-6-8-13-20)29(21-14-15-21)24(31)18(2)27-25(32)33-26(3,4)5/h9-11,16,18,20-22H,6-8,12-15H2,1-5H3,(H,27,32)(H,28,30). The van der Waals surface area contributed by atoms with Crippen molar-refractivity contribution in [1.29, 1.82) is 0 Å². The lowest BCUT2D eigenvalue weighted by atomic mass is 9.94. The van der Waals surface area contributed by atoms with E-state index in [1.54, 1.807) is 32.6 Å². The van der Waals surface area contributed by atoms with Gasteiger partial charge in [0, 0.05) is 12.1 Å². The Balaban J connectivity index is 1.84. The van der Waals surface area contributed by atoms with Crippen LogP contribution in [0.3, 0.4) is 0 Å². The molecule has 7 heteroatoms. The van der Waals surface area contributed by atoms with Gasteiger partial charge in [0.2, 0.25) is 11.8 Å². The number of rotatable bonds is 7. The smallest absolute Gasteiger partial charge is 0.408 e. The number of hydrogen-bond acceptors (Lipinski definition) is 4. The van der Waals surface area contributed by atoms with Crippen molar-refractivity contribution in [2.24, 2.45) is 0 Å². The predicted octanol–water partition coefficient (Wildman–Crippen LogP) is 4.39. The van der Waals surface area contributed by atoms with Crippen LogP contribution in [0.4, 0.5) is 4.79 Å². The third kappa shape index (κ3) is 7.21. The molecule has 0 aromatic heterocycles. The summed E-state index contributed by atoms with van der Waals surface area (Å²) in [4.78, 5) is 41.2. The second-order valence-electron chi connectivity index (χ2n) is 10.5. The average Bonchev–Trinajstić information content (AvgIpc) is 3.55. The molecule has 0 radical (unpaired) electrons. The molecule has 182 valence electrons. The lowest BCUT2D eigenvalue weighted by Gasteiger charge is -2.35. The first-order valence-corrected chi connectivity index (χ1v) is 12.2. The highest BCUT2D eigenvalue weighted by Gasteiger charge is 2.43. The Morgan fingerprint density at radius 3 is 2.30 bits per heavy atom. The lowest BCUT2D eigenvalue weighted by molar-refractivity contribution is -0.143. The molecule has 3 amide bonds. The molecule has 2 atom stereocenters. The van der Waals surface area contributed by atoms with Crippen LogP contribution in [0.25, 0.3) is 0 Å². The zero-order valence-electron chi connectivity index (χ0n) is 20.6. The van der Waals surface area contributed by atoms with E-state index in [9.17, 15) is 14.4 Å². The minimum absolute atomic E-state index is 0.0111. The Hall–Kier alpha value is -2.57. The number of alkyl carbamates (subject to hydrolysis) is 1. The Morgan fingerprint density at radius 1 is 1.06 bits per heavy atom. The summed E-state index contributed by atoms with van der Waals surface area (Å²) in [6, 6.07) is 6.38. The molecule has 33 heavy (non-hydrogen) atoms. The number of nitrogens with one attached hydrogen (secondary N) is 2. The minimum Gasteiger partial charge on any atom is -0.444 e. The van der Waals surface area contributed by atoms with Crippen molar-refractivity contribution in [2.45, 2.75) is 109 Å². The van der Waals surface area contributed by atoms with Crippen LogP contribution < -0.4 is 10.6 Å². The van der Waals surface area contributed by atoms with Gasteiger partial charge in [-0.3, -0.25) is 9.59 Å². The molecule has 2 N–H and O–H groups in total. The van der Waals surface area contributed by atoms with Crippen LogP contribution in [0.1, 0.15) is 89.8 Å². The fraction of sp³-hybridized carbons (Fsp3) is 0.654. The zero-order chi connectivity index (χ0) is 24.2. The molecule has 2 saturated carbocycles. The summed E-state index contributed by atoms with van der Waals surface area (Å²) in [6.07, 6.45) is 6.44. The van der Waals surface area contributed by atoms with Crippen LogP contribution in [-0.2, 0) is 14.3 Å². The van der Waals surface area contributed by atoms with Crippen molar-refractivity contribution in [3.8, 4) is 0 Å². The summed E-state index contributed by atoms with van der Waals surface area (Å²) in [6.45, 7) is 8.96. The van der Waals surface area contributed by atoms with Gasteiger partial charge in [-0.25, -0.2) is 4.79 Å². The van der Waals surface area contributed by atoms with E-state index < -0.39 is 23.8 Å². The van der Waals surface area contributed by atoms with Crippen molar-refractivity contribution in [2.75, 3.05) is 0 Å². The van der Waals surface area contributed by atoms with Crippen LogP contribution in [0.2, 0.25) is 0 Å². The highest BCUT2D eigenvalue weighted by molar-refractivity contribution is 5.92. The first-order chi connectivity index (χ1) is 15.5. The van der Waals surface area contributed by atoms with E-state index in [1.807, 2.05) is 31.2 Å². The quantitative estimate of drug-likeness (QED) is 0.636. The summed E-state index contributed by atoms with van der Waals surface area (Å²) < 4.78 is 5.32. The lowest BCUT2D eigenvalue weighted by Crippen LogP contribution is -2.53. The molecule has 7 nitrogen and oxygen atoms in total. The number of benzene rings is 1. The molecular formula is C26H39N3O4. The summed E-state index contributed by atoms with van der Waals surface area (Å²) in [5.41, 5.74) is 1.17. The second kappa shape index (κ2) is 10.6. The van der Waals surface area contributed by atoms with Gasteiger partial charge in [0.25, 0.3) is 0 Å². The molecular weight excluding hydrogens is 418 g/mol. The molecule has 0 saturated heterocycles. The van der Waals surface area contributed by atoms with Crippen molar-refractivity contribution in [1.82, 2.24) is 15.5 Å². The third-order valence-corrected chi connectivity index (χ3v) is 6.13. The first kappa shape index (κ1) is 25.1. The van der Waals surface area contributed by atoms with Gasteiger partial charge < -0.3 is 20.3 Å². The summed E-state index contributed by atoms with van der Waals surface area (Å²) in [5.74, 6) is -0.411. The largest absolute Gasteiger partial charge is 0.444 e. The number of nitrogens with zero attached hydrogens (tertiary/aromatic N) is 1. The number of ether oxygens (including phenoxy) is 1. The van der Waals surface area contributed by atoms with Crippen molar-refractivity contribution >= 4 is 17.9 Å². The monoisotopic (exact) mass is 457 g/mol. The van der Waals surface area contributed by atoms with Gasteiger partial charge in [0.1, 0.15) is 17.7 Å². The third-order valence-electron chi connectivity index (χ3n) is 6.13. The maximum Gasteiger partial charge on any atom is 0.408 e. The number of carbonyl (C=O) groups excluding carboxylic acids is 3. The Bertz CT molecular complexity index is 853. The van der Waals surface area contributed by atoms with Crippen molar-refractivity contribution in [3.05, 3.63) is 35.4 Å². The number of aryl methyl sites for hydroxylation is 1. The van der Waals surface area contributed by atoms with Crippen LogP contribution in [-0.4, -0.2) is 46.5 Å². The molecule has 1 aromatic carbocycles. The van der Waals surface area contributed by atoms with E-state index in [0.717, 1.165) is 49.7 Å². The van der Waals surface area contributed by atoms with Gasteiger partial charge in [0.05, 0.1) is 0 Å². The maximum atomic E-state index is 13.6. The molecule has 2 aliphatic rings. The Kier molecular flexibility index (Phi) is 8.03. The molecule has 2 aliphatic carbocycles. The van der Waals surface area contributed by atoms with E-state index in [1.165, 1.54) is 6.42 Å².